The second-order valence-electron chi connectivity index (χ2n) is 8.92. The first-order valence-electron chi connectivity index (χ1n) is 11.3. The van der Waals surface area contributed by atoms with E-state index in [-0.39, 0.29) is 33.6 Å². The highest BCUT2D eigenvalue weighted by atomic mass is 19.3. The molecule has 192 valence electrons. The van der Waals surface area contributed by atoms with Crippen molar-refractivity contribution in [1.29, 1.82) is 0 Å². The highest BCUT2D eigenvalue weighted by Crippen LogP contribution is 2.32. The van der Waals surface area contributed by atoms with Gasteiger partial charge >= 0.3 is 5.92 Å². The Kier molecular flexibility index (Phi) is 6.72. The number of hydrogen-bond acceptors (Lipinski definition) is 4. The maximum atomic E-state index is 14.5. The number of carbonyl (C=O) groups excluding carboxylic acids is 2. The average Bonchev–Trinajstić information content (AvgIpc) is 3.25. The molecule has 1 atom stereocenters. The van der Waals surface area contributed by atoms with E-state index in [1.54, 1.807) is 26.8 Å². The third-order valence-corrected chi connectivity index (χ3v) is 5.97. The minimum absolute atomic E-state index is 0.0111. The van der Waals surface area contributed by atoms with Crippen LogP contribution in [0.4, 0.5) is 17.6 Å². The van der Waals surface area contributed by atoms with Gasteiger partial charge in [-0.25, -0.2) is 13.3 Å². The molecule has 0 radical (unpaired) electrons. The number of rotatable bonds is 7. The first-order valence-corrected chi connectivity index (χ1v) is 11.3. The molecule has 0 bridgehead atoms. The lowest BCUT2D eigenvalue weighted by Gasteiger charge is -2.24. The van der Waals surface area contributed by atoms with Gasteiger partial charge in [-0.05, 0) is 42.2 Å². The number of halogens is 4. The lowest BCUT2D eigenvalue weighted by Crippen LogP contribution is -2.41. The van der Waals surface area contributed by atoms with Crippen LogP contribution >= 0.6 is 0 Å². The molecule has 0 fully saturated rings. The Morgan fingerprint density at radius 1 is 1.14 bits per heavy atom. The van der Waals surface area contributed by atoms with E-state index < -0.39 is 47.3 Å². The van der Waals surface area contributed by atoms with Gasteiger partial charge in [0.2, 0.25) is 0 Å². The van der Waals surface area contributed by atoms with Gasteiger partial charge < -0.3 is 10.3 Å². The number of benzene rings is 2. The Labute approximate surface area is 208 Å². The zero-order valence-electron chi connectivity index (χ0n) is 20.0. The molecule has 2 N–H and O–H groups in total. The summed E-state index contributed by atoms with van der Waals surface area (Å²) < 4.78 is 57.6. The lowest BCUT2D eigenvalue weighted by atomic mass is 9.97. The number of aromatic nitrogens is 3. The van der Waals surface area contributed by atoms with Gasteiger partial charge in [0.1, 0.15) is 23.2 Å². The molecule has 0 aliphatic rings. The Morgan fingerprint density at radius 3 is 2.41 bits per heavy atom. The van der Waals surface area contributed by atoms with E-state index in [4.69, 9.17) is 0 Å². The van der Waals surface area contributed by atoms with Crippen LogP contribution in [0.25, 0.3) is 16.9 Å². The van der Waals surface area contributed by atoms with E-state index in [0.717, 1.165) is 28.8 Å². The molecule has 2 aromatic carbocycles. The van der Waals surface area contributed by atoms with Crippen molar-refractivity contribution in [2.75, 3.05) is 0 Å². The Morgan fingerprint density at radius 2 is 1.81 bits per heavy atom. The predicted octanol–water partition coefficient (Wildman–Crippen LogP) is 4.70. The smallest absolute Gasteiger partial charge is 0.326 e. The summed E-state index contributed by atoms with van der Waals surface area (Å²) in [5.74, 6) is -6.56. The summed E-state index contributed by atoms with van der Waals surface area (Å²) >= 11 is 0. The van der Waals surface area contributed by atoms with Crippen LogP contribution in [0.1, 0.15) is 52.9 Å². The van der Waals surface area contributed by atoms with Crippen LogP contribution in [0.5, 0.6) is 0 Å². The minimum atomic E-state index is -4.01. The first-order chi connectivity index (χ1) is 17.4. The molecule has 7 nitrogen and oxygen atoms in total. The topological polar surface area (TPSA) is 96.3 Å². The fraction of sp³-hybridized carbons (Fsp3) is 0.231. The van der Waals surface area contributed by atoms with E-state index in [1.165, 1.54) is 18.3 Å². The Hall–Kier alpha value is -4.28. The zero-order valence-corrected chi connectivity index (χ0v) is 20.0. The van der Waals surface area contributed by atoms with Crippen molar-refractivity contribution >= 4 is 17.7 Å². The van der Waals surface area contributed by atoms with Crippen LogP contribution in [0.15, 0.2) is 53.5 Å². The van der Waals surface area contributed by atoms with Crippen molar-refractivity contribution < 1.29 is 27.2 Å². The number of H-pyrrole nitrogens is 1. The third-order valence-electron chi connectivity index (χ3n) is 5.97. The number of nitrogens with zero attached hydrogens (tertiary/aromatic N) is 2. The summed E-state index contributed by atoms with van der Waals surface area (Å²) in [6.45, 7) is 4.98. The third kappa shape index (κ3) is 4.89. The van der Waals surface area contributed by atoms with Crippen molar-refractivity contribution in [2.24, 2.45) is 0 Å². The molecule has 37 heavy (non-hydrogen) atoms. The molecule has 0 saturated heterocycles. The van der Waals surface area contributed by atoms with Crippen LogP contribution in [0.3, 0.4) is 0 Å². The van der Waals surface area contributed by atoms with Gasteiger partial charge in [-0.2, -0.15) is 8.78 Å². The number of fused-ring (bicyclic) bond motifs is 1. The van der Waals surface area contributed by atoms with Crippen molar-refractivity contribution in [3.8, 4) is 11.4 Å². The summed E-state index contributed by atoms with van der Waals surface area (Å²) in [7, 11) is 0. The Balaban J connectivity index is 1.82. The molecule has 11 heteroatoms. The standard InChI is InChI=1S/C26H22F4N4O3/c1-13(2)20-18(24(36)31-22(26(29,30)12-35)15-6-8-17(27)9-7-15)11-34-21(20)25(37)32-23(33-34)16-5-4-14(3)19(28)10-16/h4-13,22H,1-3H3,(H,31,36)(H,32,33,37)/t22-/m0/s1. The van der Waals surface area contributed by atoms with Crippen LogP contribution in [-0.2, 0) is 4.79 Å². The molecular weight excluding hydrogens is 492 g/mol. The van der Waals surface area contributed by atoms with Gasteiger partial charge in [-0.3, -0.25) is 14.4 Å². The van der Waals surface area contributed by atoms with Gasteiger partial charge in [0.05, 0.1) is 5.56 Å². The van der Waals surface area contributed by atoms with E-state index in [0.29, 0.717) is 5.56 Å². The number of amides is 1. The fourth-order valence-corrected chi connectivity index (χ4v) is 4.08. The molecule has 2 heterocycles. The summed E-state index contributed by atoms with van der Waals surface area (Å²) in [5.41, 5.74) is 0.00139. The number of aldehydes is 1. The van der Waals surface area contributed by atoms with Crippen molar-refractivity contribution in [3.63, 3.8) is 0 Å². The fourth-order valence-electron chi connectivity index (χ4n) is 4.08. The van der Waals surface area contributed by atoms with E-state index in [9.17, 15) is 31.9 Å². The second kappa shape index (κ2) is 9.64. The van der Waals surface area contributed by atoms with Crippen molar-refractivity contribution in [1.82, 2.24) is 19.9 Å². The molecule has 2 aromatic heterocycles. The number of aryl methyl sites for hydroxylation is 1. The molecule has 0 aliphatic heterocycles. The molecule has 0 unspecified atom stereocenters. The summed E-state index contributed by atoms with van der Waals surface area (Å²) in [4.78, 5) is 40.0. The van der Waals surface area contributed by atoms with E-state index in [1.807, 2.05) is 0 Å². The Bertz CT molecular complexity index is 1560. The number of alkyl halides is 2. The molecule has 1 amide bonds. The lowest BCUT2D eigenvalue weighted by molar-refractivity contribution is -0.133. The number of nitrogens with one attached hydrogen (secondary N) is 2. The van der Waals surface area contributed by atoms with Gasteiger partial charge in [-0.1, -0.05) is 38.1 Å². The highest BCUT2D eigenvalue weighted by Gasteiger charge is 2.42. The van der Waals surface area contributed by atoms with Gasteiger partial charge in [0.15, 0.2) is 12.1 Å². The maximum Gasteiger partial charge on any atom is 0.326 e. The summed E-state index contributed by atoms with van der Waals surface area (Å²) in [6.07, 6.45) is 0.615. The largest absolute Gasteiger partial charge is 0.339 e. The minimum Gasteiger partial charge on any atom is -0.339 e. The monoisotopic (exact) mass is 514 g/mol. The van der Waals surface area contributed by atoms with Gasteiger partial charge in [0.25, 0.3) is 11.5 Å². The number of aromatic amines is 1. The van der Waals surface area contributed by atoms with Crippen molar-refractivity contribution in [2.45, 2.75) is 38.7 Å². The summed E-state index contributed by atoms with van der Waals surface area (Å²) in [6, 6.07) is 6.13. The normalized spacial score (nSPS) is 12.6. The SMILES string of the molecule is Cc1ccc(-c2nn3cc(C(=O)N[C@@H](c4ccc(F)cc4)C(F)(F)C=O)c(C(C)C)c3c(=O)[nH]2)cc1F. The van der Waals surface area contributed by atoms with Gasteiger partial charge in [-0.15, -0.1) is 5.10 Å². The van der Waals surface area contributed by atoms with Crippen LogP contribution in [0.2, 0.25) is 0 Å². The molecule has 0 aliphatic carbocycles. The molecule has 4 rings (SSSR count). The summed E-state index contributed by atoms with van der Waals surface area (Å²) in [5, 5.41) is 6.45. The quantitative estimate of drug-likeness (QED) is 0.276. The maximum absolute atomic E-state index is 14.5. The number of carbonyl (C=O) groups is 2. The molecule has 0 saturated carbocycles. The number of hydrogen-bond donors (Lipinski definition) is 2. The van der Waals surface area contributed by atoms with Crippen LogP contribution in [-0.4, -0.2) is 32.7 Å². The van der Waals surface area contributed by atoms with Crippen LogP contribution in [0, 0.1) is 18.6 Å². The van der Waals surface area contributed by atoms with E-state index >= 15 is 0 Å². The first kappa shape index (κ1) is 25.8. The average molecular weight is 514 g/mol. The molecular formula is C26H22F4N4O3. The van der Waals surface area contributed by atoms with Crippen molar-refractivity contribution in [3.05, 3.63) is 92.9 Å². The second-order valence-corrected chi connectivity index (χ2v) is 8.92. The predicted molar refractivity (Wildman–Crippen MR) is 128 cm³/mol. The molecule has 4 aromatic rings. The van der Waals surface area contributed by atoms with Gasteiger partial charge in [0, 0.05) is 17.3 Å². The molecule has 0 spiro atoms. The zero-order chi connectivity index (χ0) is 27.1. The van der Waals surface area contributed by atoms with Crippen LogP contribution < -0.4 is 10.9 Å². The highest BCUT2D eigenvalue weighted by molar-refractivity contribution is 5.98. The van der Waals surface area contributed by atoms with E-state index in [2.05, 4.69) is 15.4 Å².